The van der Waals surface area contributed by atoms with Crippen LogP contribution in [0, 0.1) is 5.82 Å². The van der Waals surface area contributed by atoms with Gasteiger partial charge in [0.1, 0.15) is 5.82 Å². The summed E-state index contributed by atoms with van der Waals surface area (Å²) in [7, 11) is 2.07. The maximum Gasteiger partial charge on any atom is 0.241 e. The van der Waals surface area contributed by atoms with Crippen molar-refractivity contribution in [2.45, 2.75) is 25.9 Å². The third-order valence-electron chi connectivity index (χ3n) is 4.01. The normalized spacial score (nSPS) is 22.0. The van der Waals surface area contributed by atoms with Crippen LogP contribution in [0.2, 0.25) is 0 Å². The molecule has 116 valence electrons. The number of rotatable bonds is 3. The molecule has 6 heteroatoms. The smallest absolute Gasteiger partial charge is 0.241 e. The van der Waals surface area contributed by atoms with Gasteiger partial charge in [0.2, 0.25) is 5.91 Å². The average molecular weight is 294 g/mol. The highest BCUT2D eigenvalue weighted by atomic mass is 19.1. The van der Waals surface area contributed by atoms with Crippen LogP contribution in [0.15, 0.2) is 18.2 Å². The summed E-state index contributed by atoms with van der Waals surface area (Å²) >= 11 is 0. The number of carbonyl (C=O) groups excluding carboxylic acids is 1. The zero-order chi connectivity index (χ0) is 15.6. The Hall–Kier alpha value is -1.66. The van der Waals surface area contributed by atoms with Gasteiger partial charge in [0.15, 0.2) is 0 Å². The lowest BCUT2D eigenvalue weighted by atomic mass is 10.1. The van der Waals surface area contributed by atoms with Gasteiger partial charge in [-0.1, -0.05) is 0 Å². The number of nitrogen functional groups attached to an aromatic ring is 1. The van der Waals surface area contributed by atoms with Crippen LogP contribution in [0.25, 0.3) is 0 Å². The van der Waals surface area contributed by atoms with Gasteiger partial charge in [-0.2, -0.15) is 0 Å². The number of benzene rings is 1. The molecule has 0 radical (unpaired) electrons. The van der Waals surface area contributed by atoms with Crippen LogP contribution >= 0.6 is 0 Å². The molecule has 1 fully saturated rings. The number of hydrogen-bond acceptors (Lipinski definition) is 4. The molecule has 0 spiro atoms. The number of anilines is 2. The Morgan fingerprint density at radius 1 is 1.48 bits per heavy atom. The molecule has 21 heavy (non-hydrogen) atoms. The van der Waals surface area contributed by atoms with Gasteiger partial charge >= 0.3 is 0 Å². The molecule has 2 atom stereocenters. The van der Waals surface area contributed by atoms with E-state index in [1.807, 2.05) is 6.92 Å². The third-order valence-corrected chi connectivity index (χ3v) is 4.01. The van der Waals surface area contributed by atoms with E-state index < -0.39 is 5.82 Å². The molecule has 1 aromatic rings. The van der Waals surface area contributed by atoms with E-state index in [-0.39, 0.29) is 23.7 Å². The van der Waals surface area contributed by atoms with Crippen LogP contribution in [0.1, 0.15) is 13.8 Å². The van der Waals surface area contributed by atoms with Crippen molar-refractivity contribution >= 4 is 17.3 Å². The molecule has 1 aromatic carbocycles. The molecule has 0 saturated carbocycles. The number of nitrogens with two attached hydrogens (primary N) is 1. The van der Waals surface area contributed by atoms with E-state index in [4.69, 9.17) is 5.73 Å². The average Bonchev–Trinajstić information content (AvgIpc) is 2.42. The molecule has 1 aliphatic heterocycles. The number of halogens is 1. The van der Waals surface area contributed by atoms with Crippen molar-refractivity contribution in [3.63, 3.8) is 0 Å². The number of likely N-dealkylation sites (N-methyl/N-ethyl adjacent to an activating group) is 1. The summed E-state index contributed by atoms with van der Waals surface area (Å²) in [6.45, 7) is 6.62. The standard InChI is InChI=1S/C15H23FN4O/c1-10-9-19(3)6-7-20(10)11(2)15(21)18-14-8-12(17)4-5-13(14)16/h4-5,8,10-11H,6-7,9,17H2,1-3H3,(H,18,21). The van der Waals surface area contributed by atoms with Gasteiger partial charge < -0.3 is 16.0 Å². The Morgan fingerprint density at radius 2 is 2.19 bits per heavy atom. The van der Waals surface area contributed by atoms with Gasteiger partial charge in [0.25, 0.3) is 0 Å². The number of hydrogen-bond donors (Lipinski definition) is 2. The minimum absolute atomic E-state index is 0.133. The molecule has 1 amide bonds. The maximum atomic E-state index is 13.7. The first-order valence-corrected chi connectivity index (χ1v) is 7.18. The van der Waals surface area contributed by atoms with Crippen LogP contribution < -0.4 is 11.1 Å². The van der Waals surface area contributed by atoms with E-state index in [9.17, 15) is 9.18 Å². The van der Waals surface area contributed by atoms with Gasteiger partial charge in [-0.15, -0.1) is 0 Å². The topological polar surface area (TPSA) is 61.6 Å². The number of nitrogens with zero attached hydrogens (tertiary/aromatic N) is 2. The quantitative estimate of drug-likeness (QED) is 0.827. The van der Waals surface area contributed by atoms with Gasteiger partial charge in [0, 0.05) is 31.4 Å². The molecule has 1 saturated heterocycles. The SMILES string of the molecule is CC1CN(C)CCN1C(C)C(=O)Nc1cc(N)ccc1F. The van der Waals surface area contributed by atoms with Crippen molar-refractivity contribution in [1.82, 2.24) is 9.80 Å². The van der Waals surface area contributed by atoms with Gasteiger partial charge in [-0.05, 0) is 39.1 Å². The van der Waals surface area contributed by atoms with E-state index in [2.05, 4.69) is 29.1 Å². The van der Waals surface area contributed by atoms with E-state index in [0.717, 1.165) is 19.6 Å². The minimum Gasteiger partial charge on any atom is -0.399 e. The molecule has 2 rings (SSSR count). The largest absolute Gasteiger partial charge is 0.399 e. The van der Waals surface area contributed by atoms with Crippen molar-refractivity contribution in [3.05, 3.63) is 24.0 Å². The summed E-state index contributed by atoms with van der Waals surface area (Å²) in [6.07, 6.45) is 0. The lowest BCUT2D eigenvalue weighted by Crippen LogP contribution is -2.56. The van der Waals surface area contributed by atoms with Crippen LogP contribution in [0.3, 0.4) is 0 Å². The second-order valence-corrected chi connectivity index (χ2v) is 5.75. The highest BCUT2D eigenvalue weighted by Crippen LogP contribution is 2.19. The Morgan fingerprint density at radius 3 is 2.86 bits per heavy atom. The molecular formula is C15H23FN4O. The molecule has 2 unspecified atom stereocenters. The predicted octanol–water partition coefficient (Wildman–Crippen LogP) is 1.37. The van der Waals surface area contributed by atoms with Gasteiger partial charge in [-0.3, -0.25) is 9.69 Å². The van der Waals surface area contributed by atoms with Crippen LogP contribution in [-0.4, -0.2) is 54.5 Å². The fraction of sp³-hybridized carbons (Fsp3) is 0.533. The van der Waals surface area contributed by atoms with Crippen molar-refractivity contribution in [1.29, 1.82) is 0 Å². The van der Waals surface area contributed by atoms with E-state index in [1.54, 1.807) is 0 Å². The minimum atomic E-state index is -0.476. The van der Waals surface area contributed by atoms with Crippen LogP contribution in [0.5, 0.6) is 0 Å². The van der Waals surface area contributed by atoms with Crippen molar-refractivity contribution in [3.8, 4) is 0 Å². The number of nitrogens with one attached hydrogen (secondary N) is 1. The number of carbonyl (C=O) groups is 1. The van der Waals surface area contributed by atoms with Gasteiger partial charge in [-0.25, -0.2) is 4.39 Å². The molecule has 0 aromatic heterocycles. The first-order valence-electron chi connectivity index (χ1n) is 7.18. The van der Waals surface area contributed by atoms with E-state index in [0.29, 0.717) is 5.69 Å². The van der Waals surface area contributed by atoms with Crippen molar-refractivity contribution in [2.24, 2.45) is 0 Å². The summed E-state index contributed by atoms with van der Waals surface area (Å²) in [5, 5.41) is 2.63. The van der Waals surface area contributed by atoms with Crippen molar-refractivity contribution < 1.29 is 9.18 Å². The Labute approximate surface area is 124 Å². The van der Waals surface area contributed by atoms with Crippen LogP contribution in [0.4, 0.5) is 15.8 Å². The summed E-state index contributed by atoms with van der Waals surface area (Å²) in [4.78, 5) is 16.7. The summed E-state index contributed by atoms with van der Waals surface area (Å²) in [6, 6.07) is 4.14. The fourth-order valence-corrected chi connectivity index (χ4v) is 2.76. The van der Waals surface area contributed by atoms with E-state index in [1.165, 1.54) is 18.2 Å². The number of piperazine rings is 1. The molecule has 0 aliphatic carbocycles. The summed E-state index contributed by atoms with van der Waals surface area (Å²) < 4.78 is 13.7. The Bertz CT molecular complexity index is 522. The molecule has 3 N–H and O–H groups in total. The molecule has 1 heterocycles. The molecule has 5 nitrogen and oxygen atoms in total. The summed E-state index contributed by atoms with van der Waals surface area (Å²) in [5.74, 6) is -0.688. The highest BCUT2D eigenvalue weighted by Gasteiger charge is 2.29. The zero-order valence-corrected chi connectivity index (χ0v) is 12.8. The zero-order valence-electron chi connectivity index (χ0n) is 12.8. The number of amides is 1. The van der Waals surface area contributed by atoms with Gasteiger partial charge in [0.05, 0.1) is 11.7 Å². The van der Waals surface area contributed by atoms with Crippen LogP contribution in [-0.2, 0) is 4.79 Å². The predicted molar refractivity (Wildman–Crippen MR) is 82.6 cm³/mol. The van der Waals surface area contributed by atoms with E-state index >= 15 is 0 Å². The lowest BCUT2D eigenvalue weighted by Gasteiger charge is -2.41. The maximum absolute atomic E-state index is 13.7. The third kappa shape index (κ3) is 3.71. The van der Waals surface area contributed by atoms with Crippen molar-refractivity contribution in [2.75, 3.05) is 37.7 Å². The second-order valence-electron chi connectivity index (χ2n) is 5.75. The summed E-state index contributed by atoms with van der Waals surface area (Å²) in [5.41, 5.74) is 6.18. The monoisotopic (exact) mass is 294 g/mol. The second kappa shape index (κ2) is 6.41. The molecule has 0 bridgehead atoms. The lowest BCUT2D eigenvalue weighted by molar-refractivity contribution is -0.122. The first-order chi connectivity index (χ1) is 9.88. The molecular weight excluding hydrogens is 271 g/mol. The molecule has 1 aliphatic rings. The highest BCUT2D eigenvalue weighted by molar-refractivity contribution is 5.95. The Kier molecular flexibility index (Phi) is 4.80. The fourth-order valence-electron chi connectivity index (χ4n) is 2.76. The first kappa shape index (κ1) is 15.7. The Balaban J connectivity index is 2.04.